The summed E-state index contributed by atoms with van der Waals surface area (Å²) < 4.78 is 0. The van der Waals surface area contributed by atoms with Gasteiger partial charge in [0.15, 0.2) is 0 Å². The van der Waals surface area contributed by atoms with Crippen LogP contribution in [0.1, 0.15) is 19.8 Å². The highest BCUT2D eigenvalue weighted by atomic mass is 35.5. The van der Waals surface area contributed by atoms with Crippen molar-refractivity contribution in [3.63, 3.8) is 0 Å². The second kappa shape index (κ2) is 6.00. The lowest BCUT2D eigenvalue weighted by Crippen LogP contribution is -2.10. The van der Waals surface area contributed by atoms with Crippen molar-refractivity contribution in [3.8, 4) is 11.3 Å². The minimum absolute atomic E-state index is 0.463. The zero-order chi connectivity index (χ0) is 14.8. The monoisotopic (exact) mass is 320 g/mol. The summed E-state index contributed by atoms with van der Waals surface area (Å²) >= 11 is 12.2. The first-order valence-corrected chi connectivity index (χ1v) is 7.46. The average molecular weight is 321 g/mol. The summed E-state index contributed by atoms with van der Waals surface area (Å²) in [5.41, 5.74) is 2.32. The van der Waals surface area contributed by atoms with Gasteiger partial charge >= 0.3 is 0 Å². The number of rotatable bonds is 3. The van der Waals surface area contributed by atoms with Crippen molar-refractivity contribution >= 4 is 34.7 Å². The van der Waals surface area contributed by atoms with E-state index in [-0.39, 0.29) is 0 Å². The van der Waals surface area contributed by atoms with Crippen LogP contribution in [0.3, 0.4) is 0 Å². The van der Waals surface area contributed by atoms with E-state index in [4.69, 9.17) is 23.2 Å². The summed E-state index contributed by atoms with van der Waals surface area (Å²) in [6.45, 7) is 1.94. The Balaban J connectivity index is 1.95. The molecule has 0 amide bonds. The highest BCUT2D eigenvalue weighted by Crippen LogP contribution is 2.33. The molecule has 2 aromatic rings. The van der Waals surface area contributed by atoms with Gasteiger partial charge in [-0.1, -0.05) is 23.2 Å². The van der Waals surface area contributed by atoms with Gasteiger partial charge in [-0.25, -0.2) is 9.97 Å². The molecule has 1 aliphatic carbocycles. The molecule has 6 heteroatoms. The number of benzene rings is 1. The molecule has 108 valence electrons. The van der Waals surface area contributed by atoms with E-state index >= 15 is 0 Å². The zero-order valence-corrected chi connectivity index (χ0v) is 13.0. The molecular formula is C15H14Cl2N4. The predicted molar refractivity (Wildman–Crippen MR) is 87.2 cm³/mol. The molecule has 0 spiro atoms. The summed E-state index contributed by atoms with van der Waals surface area (Å²) in [6, 6.07) is 5.81. The maximum atomic E-state index is 6.26. The van der Waals surface area contributed by atoms with E-state index in [1.165, 1.54) is 19.2 Å². The van der Waals surface area contributed by atoms with Crippen molar-refractivity contribution in [1.82, 2.24) is 9.97 Å². The second-order valence-corrected chi connectivity index (χ2v) is 5.82. The summed E-state index contributed by atoms with van der Waals surface area (Å²) in [7, 11) is 0. The third kappa shape index (κ3) is 3.52. The standard InChI is InChI=1S/C15H14Cl2N4/c1-9(20-11-3-4-11)21-14-7-18-8-19-15(14)12-5-2-10(16)6-13(12)17/h2,5-8,11H,3-4H2,1H3,(H,20,21). The van der Waals surface area contributed by atoms with Crippen LogP contribution in [-0.4, -0.2) is 21.8 Å². The van der Waals surface area contributed by atoms with Crippen LogP contribution in [0, 0.1) is 0 Å². The Bertz CT molecular complexity index is 696. The van der Waals surface area contributed by atoms with Gasteiger partial charge in [-0.2, -0.15) is 0 Å². The first-order valence-electron chi connectivity index (χ1n) is 6.70. The van der Waals surface area contributed by atoms with Gasteiger partial charge in [0.1, 0.15) is 6.33 Å². The van der Waals surface area contributed by atoms with Crippen LogP contribution in [0.25, 0.3) is 11.3 Å². The van der Waals surface area contributed by atoms with Crippen molar-refractivity contribution in [2.75, 3.05) is 5.32 Å². The van der Waals surface area contributed by atoms with Gasteiger partial charge in [0, 0.05) is 10.6 Å². The summed E-state index contributed by atoms with van der Waals surface area (Å²) in [6.07, 6.45) is 5.55. The lowest BCUT2D eigenvalue weighted by Gasteiger charge is -2.11. The fourth-order valence-electron chi connectivity index (χ4n) is 2.02. The molecule has 4 nitrogen and oxygen atoms in total. The number of aliphatic imine (C=N–C) groups is 1. The fourth-order valence-corrected chi connectivity index (χ4v) is 2.52. The van der Waals surface area contributed by atoms with Crippen LogP contribution in [-0.2, 0) is 0 Å². The Kier molecular flexibility index (Phi) is 4.08. The Morgan fingerprint density at radius 2 is 2.14 bits per heavy atom. The molecule has 0 atom stereocenters. The van der Waals surface area contributed by atoms with Gasteiger partial charge in [0.05, 0.1) is 34.5 Å². The van der Waals surface area contributed by atoms with Crippen molar-refractivity contribution in [3.05, 3.63) is 40.8 Å². The van der Waals surface area contributed by atoms with Crippen molar-refractivity contribution in [2.24, 2.45) is 4.99 Å². The number of hydrogen-bond acceptors (Lipinski definition) is 3. The molecule has 0 radical (unpaired) electrons. The van der Waals surface area contributed by atoms with Crippen LogP contribution in [0.4, 0.5) is 5.69 Å². The van der Waals surface area contributed by atoms with Crippen LogP contribution < -0.4 is 5.32 Å². The molecule has 1 aromatic heterocycles. The second-order valence-electron chi connectivity index (χ2n) is 4.98. The van der Waals surface area contributed by atoms with E-state index < -0.39 is 0 Å². The Morgan fingerprint density at radius 3 is 2.86 bits per heavy atom. The smallest absolute Gasteiger partial charge is 0.116 e. The number of aromatic nitrogens is 2. The highest BCUT2D eigenvalue weighted by Gasteiger charge is 2.20. The third-order valence-corrected chi connectivity index (χ3v) is 3.68. The molecular weight excluding hydrogens is 307 g/mol. The summed E-state index contributed by atoms with van der Waals surface area (Å²) in [5.74, 6) is 0.860. The Labute approximate surface area is 133 Å². The van der Waals surface area contributed by atoms with Crippen LogP contribution in [0.2, 0.25) is 10.0 Å². The van der Waals surface area contributed by atoms with Gasteiger partial charge in [0.25, 0.3) is 0 Å². The molecule has 1 N–H and O–H groups in total. The van der Waals surface area contributed by atoms with Gasteiger partial charge in [-0.05, 0) is 38.0 Å². The topological polar surface area (TPSA) is 50.2 Å². The summed E-state index contributed by atoms with van der Waals surface area (Å²) in [4.78, 5) is 13.0. The van der Waals surface area contributed by atoms with Crippen molar-refractivity contribution < 1.29 is 0 Å². The molecule has 1 aliphatic rings. The van der Waals surface area contributed by atoms with Gasteiger partial charge < -0.3 is 5.32 Å². The highest BCUT2D eigenvalue weighted by molar-refractivity contribution is 6.36. The van der Waals surface area contributed by atoms with Gasteiger partial charge in [0.2, 0.25) is 0 Å². The van der Waals surface area contributed by atoms with E-state index in [2.05, 4.69) is 20.3 Å². The van der Waals surface area contributed by atoms with Crippen LogP contribution >= 0.6 is 23.2 Å². The molecule has 1 fully saturated rings. The fraction of sp³-hybridized carbons (Fsp3) is 0.267. The van der Waals surface area contributed by atoms with Crippen LogP contribution in [0.5, 0.6) is 0 Å². The molecule has 0 unspecified atom stereocenters. The van der Waals surface area contributed by atoms with Crippen molar-refractivity contribution in [1.29, 1.82) is 0 Å². The SMILES string of the molecule is CC(=NC1CC1)Nc1cncnc1-c1ccc(Cl)cc1Cl. The van der Waals surface area contributed by atoms with Crippen molar-refractivity contribution in [2.45, 2.75) is 25.8 Å². The largest absolute Gasteiger partial charge is 0.341 e. The minimum Gasteiger partial charge on any atom is -0.341 e. The molecule has 21 heavy (non-hydrogen) atoms. The Hall–Kier alpha value is -1.65. The lowest BCUT2D eigenvalue weighted by atomic mass is 10.1. The molecule has 0 saturated heterocycles. The first-order chi connectivity index (χ1) is 10.1. The normalized spacial score (nSPS) is 15.1. The first kappa shape index (κ1) is 14.3. The number of anilines is 1. The molecule has 1 heterocycles. The molecule has 0 aliphatic heterocycles. The quantitative estimate of drug-likeness (QED) is 0.671. The van der Waals surface area contributed by atoms with Gasteiger partial charge in [-0.15, -0.1) is 0 Å². The van der Waals surface area contributed by atoms with E-state index in [9.17, 15) is 0 Å². The zero-order valence-electron chi connectivity index (χ0n) is 11.5. The van der Waals surface area contributed by atoms with Gasteiger partial charge in [-0.3, -0.25) is 4.99 Å². The maximum Gasteiger partial charge on any atom is 0.116 e. The lowest BCUT2D eigenvalue weighted by molar-refractivity contribution is 1.06. The number of nitrogens with one attached hydrogen (secondary N) is 1. The third-order valence-electron chi connectivity index (χ3n) is 3.14. The summed E-state index contributed by atoms with van der Waals surface area (Å²) in [5, 5.41) is 4.41. The molecule has 1 aromatic carbocycles. The number of hydrogen-bond donors (Lipinski definition) is 1. The predicted octanol–water partition coefficient (Wildman–Crippen LogP) is 4.44. The minimum atomic E-state index is 0.463. The van der Waals surface area contributed by atoms with Crippen LogP contribution in [0.15, 0.2) is 35.7 Å². The average Bonchev–Trinajstić information content (AvgIpc) is 3.24. The van der Waals surface area contributed by atoms with E-state index in [0.29, 0.717) is 16.1 Å². The number of nitrogens with zero attached hydrogens (tertiary/aromatic N) is 3. The Morgan fingerprint density at radius 1 is 1.33 bits per heavy atom. The van der Waals surface area contributed by atoms with E-state index in [1.807, 2.05) is 13.0 Å². The molecule has 3 rings (SSSR count). The maximum absolute atomic E-state index is 6.26. The van der Waals surface area contributed by atoms with E-state index in [1.54, 1.807) is 18.3 Å². The van der Waals surface area contributed by atoms with E-state index in [0.717, 1.165) is 22.8 Å². The number of halogens is 2. The number of amidine groups is 1. The molecule has 1 saturated carbocycles. The molecule has 0 bridgehead atoms.